The molecule has 3 aliphatic rings. The average Bonchev–Trinajstić information content (AvgIpc) is 2.77. The van der Waals surface area contributed by atoms with Gasteiger partial charge in [-0.3, -0.25) is 14.4 Å². The topological polar surface area (TPSA) is 161 Å². The van der Waals surface area contributed by atoms with E-state index in [4.69, 9.17) is 5.73 Å². The lowest BCUT2D eigenvalue weighted by Crippen LogP contribution is -2.71. The number of aryl methyl sites for hydroxylation is 1. The van der Waals surface area contributed by atoms with Gasteiger partial charge >= 0.3 is 0 Å². The van der Waals surface area contributed by atoms with Crippen LogP contribution in [0, 0.1) is 17.8 Å². The van der Waals surface area contributed by atoms with E-state index < -0.39 is 58.7 Å². The summed E-state index contributed by atoms with van der Waals surface area (Å²) in [7, 11) is 3.28. The number of phenols is 1. The molecule has 1 fully saturated rings. The predicted molar refractivity (Wildman–Crippen MR) is 127 cm³/mol. The maximum Gasteiger partial charge on any atom is 0.230 e. The lowest BCUT2D eigenvalue weighted by Gasteiger charge is -2.53. The number of carbonyl (C=O) groups excluding carboxylic acids is 3. The third-order valence-corrected chi connectivity index (χ3v) is 8.12. The lowest BCUT2D eigenvalue weighted by atomic mass is 9.56. The standard InChI is InChI=1S/C26H34N2O7/c1-4-5-6-7-12-8-9-16(29)18-14(12)10-13-11-15-20(28(2)3)22(31)19(25(27)34)24(33)26(15,35)23(32)17(13)21(18)30/h8-9,13,15,19-20,22,29,31-32,35H,4-7,10-11H2,1-3H3,(H2,27,34)/t13-,15-,19?,20-,22?,26-/m0/s1. The number of Topliss-reactive ketones (excluding diaryl/α,β-unsaturated/α-hetero) is 2. The molecule has 0 bridgehead atoms. The number of hydrogen-bond acceptors (Lipinski definition) is 8. The molecule has 0 aromatic heterocycles. The van der Waals surface area contributed by atoms with Crippen LogP contribution >= 0.6 is 0 Å². The van der Waals surface area contributed by atoms with Crippen molar-refractivity contribution in [1.29, 1.82) is 0 Å². The minimum Gasteiger partial charge on any atom is -0.508 e. The van der Waals surface area contributed by atoms with Crippen molar-refractivity contribution >= 4 is 17.5 Å². The van der Waals surface area contributed by atoms with Gasteiger partial charge in [-0.1, -0.05) is 25.8 Å². The van der Waals surface area contributed by atoms with Gasteiger partial charge in [0.25, 0.3) is 0 Å². The highest BCUT2D eigenvalue weighted by Crippen LogP contribution is 2.52. The number of rotatable bonds is 6. The van der Waals surface area contributed by atoms with E-state index in [-0.39, 0.29) is 23.3 Å². The largest absolute Gasteiger partial charge is 0.508 e. The second-order valence-electron chi connectivity index (χ2n) is 10.3. The molecule has 4 rings (SSSR count). The van der Waals surface area contributed by atoms with E-state index in [9.17, 15) is 34.8 Å². The van der Waals surface area contributed by atoms with Crippen molar-refractivity contribution in [3.8, 4) is 5.75 Å². The van der Waals surface area contributed by atoms with E-state index >= 15 is 0 Å². The van der Waals surface area contributed by atoms with Crippen LogP contribution in [0.1, 0.15) is 54.1 Å². The van der Waals surface area contributed by atoms with Crippen LogP contribution in [0.25, 0.3) is 0 Å². The van der Waals surface area contributed by atoms with Crippen LogP contribution in [-0.2, 0) is 22.4 Å². The van der Waals surface area contributed by atoms with E-state index in [1.54, 1.807) is 19.0 Å². The third-order valence-electron chi connectivity index (χ3n) is 8.12. The van der Waals surface area contributed by atoms with Gasteiger partial charge < -0.3 is 31.1 Å². The summed E-state index contributed by atoms with van der Waals surface area (Å²) in [4.78, 5) is 40.6. The second kappa shape index (κ2) is 9.04. The van der Waals surface area contributed by atoms with Crippen molar-refractivity contribution in [2.45, 2.75) is 63.2 Å². The van der Waals surface area contributed by atoms with E-state index in [1.165, 1.54) is 6.07 Å². The zero-order valence-electron chi connectivity index (χ0n) is 20.3. The number of likely N-dealkylation sites (N-methyl/N-ethyl adjacent to an activating group) is 1. The van der Waals surface area contributed by atoms with E-state index in [1.807, 2.05) is 6.07 Å². The van der Waals surface area contributed by atoms with Gasteiger partial charge in [0.15, 0.2) is 17.2 Å². The summed E-state index contributed by atoms with van der Waals surface area (Å²) in [5.74, 6) is -7.13. The molecule has 0 heterocycles. The summed E-state index contributed by atoms with van der Waals surface area (Å²) in [6, 6.07) is 2.41. The highest BCUT2D eigenvalue weighted by molar-refractivity contribution is 6.15. The molecule has 1 aromatic carbocycles. The van der Waals surface area contributed by atoms with Crippen molar-refractivity contribution in [3.05, 3.63) is 40.2 Å². The Labute approximate surface area is 204 Å². The molecule has 2 unspecified atom stereocenters. The number of nitrogens with two attached hydrogens (primary N) is 1. The van der Waals surface area contributed by atoms with Gasteiger partial charge in [-0.25, -0.2) is 0 Å². The van der Waals surface area contributed by atoms with Crippen LogP contribution in [0.5, 0.6) is 5.75 Å². The number of aliphatic hydroxyl groups is 3. The molecular weight excluding hydrogens is 452 g/mol. The number of phenolic OH excluding ortho intramolecular Hbond substituents is 1. The van der Waals surface area contributed by atoms with Crippen molar-refractivity contribution in [2.75, 3.05) is 14.1 Å². The molecular formula is C26H34N2O7. The van der Waals surface area contributed by atoms with Crippen molar-refractivity contribution in [3.63, 3.8) is 0 Å². The average molecular weight is 487 g/mol. The Hall–Kier alpha value is -2.75. The van der Waals surface area contributed by atoms with Crippen LogP contribution in [0.15, 0.2) is 23.5 Å². The van der Waals surface area contributed by atoms with Gasteiger partial charge in [-0.05, 0) is 62.9 Å². The highest BCUT2D eigenvalue weighted by atomic mass is 16.3. The number of allylic oxidation sites excluding steroid dienone is 1. The third kappa shape index (κ3) is 3.68. The van der Waals surface area contributed by atoms with Crippen molar-refractivity contribution in [1.82, 2.24) is 4.90 Å². The maximum absolute atomic E-state index is 13.6. The molecule has 0 radical (unpaired) electrons. The van der Waals surface area contributed by atoms with Gasteiger partial charge in [0.1, 0.15) is 17.4 Å². The molecule has 35 heavy (non-hydrogen) atoms. The van der Waals surface area contributed by atoms with Crippen LogP contribution < -0.4 is 5.73 Å². The van der Waals surface area contributed by atoms with Crippen LogP contribution in [0.3, 0.4) is 0 Å². The molecule has 0 saturated heterocycles. The Morgan fingerprint density at radius 2 is 1.89 bits per heavy atom. The fourth-order valence-electron chi connectivity index (χ4n) is 6.47. The van der Waals surface area contributed by atoms with Gasteiger partial charge in [-0.2, -0.15) is 0 Å². The lowest BCUT2D eigenvalue weighted by molar-refractivity contribution is -0.178. The monoisotopic (exact) mass is 486 g/mol. The fraction of sp³-hybridized carbons (Fsp3) is 0.577. The normalized spacial score (nSPS) is 32.3. The number of nitrogens with zero attached hydrogens (tertiary/aromatic N) is 1. The minimum absolute atomic E-state index is 0.0813. The summed E-state index contributed by atoms with van der Waals surface area (Å²) < 4.78 is 0. The van der Waals surface area contributed by atoms with Crippen LogP contribution in [0.4, 0.5) is 0 Å². The predicted octanol–water partition coefficient (Wildman–Crippen LogP) is 1.02. The Morgan fingerprint density at radius 3 is 2.49 bits per heavy atom. The Bertz CT molecular complexity index is 1110. The molecule has 6 atom stereocenters. The van der Waals surface area contributed by atoms with Gasteiger partial charge in [0.05, 0.1) is 11.7 Å². The number of aromatic hydroxyl groups is 1. The second-order valence-corrected chi connectivity index (χ2v) is 10.3. The first-order valence-electron chi connectivity index (χ1n) is 12.2. The number of ketones is 2. The number of hydrogen-bond donors (Lipinski definition) is 5. The summed E-state index contributed by atoms with van der Waals surface area (Å²) in [6.45, 7) is 2.10. The Kier molecular flexibility index (Phi) is 6.54. The van der Waals surface area contributed by atoms with E-state index in [2.05, 4.69) is 6.92 Å². The quantitative estimate of drug-likeness (QED) is 0.294. The van der Waals surface area contributed by atoms with Crippen molar-refractivity contribution in [2.24, 2.45) is 23.5 Å². The number of benzene rings is 1. The van der Waals surface area contributed by atoms with Crippen LogP contribution in [0.2, 0.25) is 0 Å². The Balaban J connectivity index is 1.87. The zero-order valence-corrected chi connectivity index (χ0v) is 20.3. The minimum atomic E-state index is -2.55. The first kappa shape index (κ1) is 25.3. The molecule has 6 N–H and O–H groups in total. The van der Waals surface area contributed by atoms with Gasteiger partial charge in [0.2, 0.25) is 5.91 Å². The fourth-order valence-corrected chi connectivity index (χ4v) is 6.47. The van der Waals surface area contributed by atoms with E-state index in [0.717, 1.165) is 36.8 Å². The molecule has 3 aliphatic carbocycles. The molecule has 0 spiro atoms. The summed E-state index contributed by atoms with van der Waals surface area (Å²) in [6.07, 6.45) is 2.73. The number of carbonyl (C=O) groups is 3. The number of fused-ring (bicyclic) bond motifs is 3. The zero-order chi connectivity index (χ0) is 25.8. The first-order chi connectivity index (χ1) is 16.5. The smallest absolute Gasteiger partial charge is 0.230 e. The summed E-state index contributed by atoms with van der Waals surface area (Å²) >= 11 is 0. The summed E-state index contributed by atoms with van der Waals surface area (Å²) in [5, 5.41) is 44.4. The number of unbranched alkanes of at least 4 members (excludes halogenated alkanes) is 2. The van der Waals surface area contributed by atoms with Crippen molar-refractivity contribution < 1.29 is 34.8 Å². The maximum atomic E-state index is 13.6. The number of primary amides is 1. The van der Waals surface area contributed by atoms with Gasteiger partial charge in [0, 0.05) is 17.5 Å². The first-order valence-corrected chi connectivity index (χ1v) is 12.2. The molecule has 9 nitrogen and oxygen atoms in total. The molecule has 9 heteroatoms. The molecule has 1 aromatic rings. The molecule has 1 saturated carbocycles. The molecule has 190 valence electrons. The van der Waals surface area contributed by atoms with Gasteiger partial charge in [-0.15, -0.1) is 0 Å². The highest BCUT2D eigenvalue weighted by Gasteiger charge is 2.66. The van der Waals surface area contributed by atoms with Crippen LogP contribution in [-0.4, -0.2) is 74.6 Å². The Morgan fingerprint density at radius 1 is 1.20 bits per heavy atom. The molecule has 1 amide bonds. The SMILES string of the molecule is CCCCCc1ccc(O)c2c1C[C@H]1C[C@H]3[C@H](N(C)C)C(O)C(C(N)=O)C(=O)[C@@]3(O)C(O)=C1C2=O. The van der Waals surface area contributed by atoms with E-state index in [0.29, 0.717) is 6.42 Å². The number of amides is 1. The summed E-state index contributed by atoms with van der Waals surface area (Å²) in [5.41, 5.74) is 4.48. The molecule has 0 aliphatic heterocycles. The number of aliphatic hydroxyl groups excluding tert-OH is 2.